The maximum Gasteiger partial charge on any atom is 0.490 e. The van der Waals surface area contributed by atoms with Gasteiger partial charge < -0.3 is 19.5 Å². The van der Waals surface area contributed by atoms with Crippen LogP contribution in [-0.4, -0.2) is 64.4 Å². The third-order valence-corrected chi connectivity index (χ3v) is 5.00. The number of carboxylic acids is 1. The fraction of sp³-hybridized carbons (Fsp3) is 0.650. The Morgan fingerprint density at radius 3 is 2.57 bits per heavy atom. The second-order valence-corrected chi connectivity index (χ2v) is 7.81. The van der Waals surface area contributed by atoms with Gasteiger partial charge in [-0.2, -0.15) is 13.2 Å². The van der Waals surface area contributed by atoms with E-state index in [4.69, 9.17) is 19.4 Å². The molecule has 0 saturated carbocycles. The molecule has 0 aromatic carbocycles. The van der Waals surface area contributed by atoms with Crippen LogP contribution < -0.4 is 0 Å². The van der Waals surface area contributed by atoms with E-state index in [1.807, 2.05) is 30.9 Å². The molecule has 0 radical (unpaired) electrons. The summed E-state index contributed by atoms with van der Waals surface area (Å²) in [5.74, 6) is -2.48. The van der Waals surface area contributed by atoms with Crippen LogP contribution in [0.3, 0.4) is 0 Å². The van der Waals surface area contributed by atoms with E-state index in [1.165, 1.54) is 0 Å². The molecule has 3 heterocycles. The van der Waals surface area contributed by atoms with Gasteiger partial charge in [0.25, 0.3) is 0 Å². The maximum atomic E-state index is 12.3. The molecule has 2 aliphatic heterocycles. The van der Waals surface area contributed by atoms with E-state index in [0.717, 1.165) is 31.4 Å². The lowest BCUT2D eigenvalue weighted by Gasteiger charge is -2.40. The van der Waals surface area contributed by atoms with Crippen LogP contribution in [0.1, 0.15) is 38.7 Å². The van der Waals surface area contributed by atoms with Gasteiger partial charge in [0.1, 0.15) is 0 Å². The second kappa shape index (κ2) is 10.2. The van der Waals surface area contributed by atoms with Crippen LogP contribution in [0.2, 0.25) is 0 Å². The molecule has 0 unspecified atom stereocenters. The van der Waals surface area contributed by atoms with Gasteiger partial charge in [-0.15, -0.1) is 0 Å². The minimum atomic E-state index is -5.08. The molecule has 1 amide bonds. The van der Waals surface area contributed by atoms with E-state index in [2.05, 4.69) is 4.98 Å². The Morgan fingerprint density at radius 2 is 2.00 bits per heavy atom. The van der Waals surface area contributed by atoms with Crippen molar-refractivity contribution in [1.82, 2.24) is 9.88 Å². The van der Waals surface area contributed by atoms with Gasteiger partial charge in [-0.25, -0.2) is 4.79 Å². The SMILES string of the molecule is CC(C)C(=O)N1CCC[C@]2(C[C@@H](OCc3ccncc3)CO2)C1.O=C(O)C(F)(F)F. The summed E-state index contributed by atoms with van der Waals surface area (Å²) in [6.45, 7) is 6.68. The maximum absolute atomic E-state index is 12.3. The number of halogens is 3. The van der Waals surface area contributed by atoms with Crippen LogP contribution in [0.15, 0.2) is 24.5 Å². The van der Waals surface area contributed by atoms with Gasteiger partial charge in [0, 0.05) is 37.8 Å². The summed E-state index contributed by atoms with van der Waals surface area (Å²) in [7, 11) is 0. The van der Waals surface area contributed by atoms with Crippen molar-refractivity contribution < 1.29 is 37.3 Å². The number of rotatable bonds is 4. The lowest BCUT2D eigenvalue weighted by molar-refractivity contribution is -0.192. The third-order valence-electron chi connectivity index (χ3n) is 5.00. The Kier molecular flexibility index (Phi) is 8.19. The number of ether oxygens (including phenoxy) is 2. The number of pyridine rings is 1. The first-order chi connectivity index (χ1) is 14.0. The lowest BCUT2D eigenvalue weighted by Crippen LogP contribution is -2.51. The molecule has 0 aliphatic carbocycles. The number of alkyl halides is 3. The summed E-state index contributed by atoms with van der Waals surface area (Å²) < 4.78 is 43.9. The molecule has 1 N–H and O–H groups in total. The Labute approximate surface area is 173 Å². The first-order valence-corrected chi connectivity index (χ1v) is 9.76. The lowest BCUT2D eigenvalue weighted by atomic mass is 9.88. The number of piperidine rings is 1. The van der Waals surface area contributed by atoms with E-state index in [1.54, 1.807) is 12.4 Å². The van der Waals surface area contributed by atoms with Gasteiger partial charge in [-0.05, 0) is 30.5 Å². The minimum absolute atomic E-state index is 0.0466. The number of aliphatic carboxylic acids is 1. The highest BCUT2D eigenvalue weighted by Crippen LogP contribution is 2.36. The molecule has 30 heavy (non-hydrogen) atoms. The molecule has 0 bridgehead atoms. The first-order valence-electron chi connectivity index (χ1n) is 9.76. The topological polar surface area (TPSA) is 89.0 Å². The number of carbonyl (C=O) groups is 2. The Balaban J connectivity index is 0.000000396. The quantitative estimate of drug-likeness (QED) is 0.787. The average Bonchev–Trinajstić information content (AvgIpc) is 3.08. The number of carboxylic acid groups (broad SMARTS) is 1. The summed E-state index contributed by atoms with van der Waals surface area (Å²) >= 11 is 0. The highest BCUT2D eigenvalue weighted by atomic mass is 19.4. The van der Waals surface area contributed by atoms with Gasteiger partial charge in [-0.3, -0.25) is 9.78 Å². The molecular weight excluding hydrogens is 405 g/mol. The number of amides is 1. The van der Waals surface area contributed by atoms with Crippen molar-refractivity contribution in [1.29, 1.82) is 0 Å². The van der Waals surface area contributed by atoms with Crippen molar-refractivity contribution in [2.75, 3.05) is 19.7 Å². The van der Waals surface area contributed by atoms with Gasteiger partial charge in [0.15, 0.2) is 0 Å². The predicted molar refractivity (Wildman–Crippen MR) is 100 cm³/mol. The number of aromatic nitrogens is 1. The fourth-order valence-electron chi connectivity index (χ4n) is 3.54. The number of carbonyl (C=O) groups excluding carboxylic acids is 1. The summed E-state index contributed by atoms with van der Waals surface area (Å²) in [6.07, 6.45) is 1.49. The number of hydrogen-bond donors (Lipinski definition) is 1. The molecule has 3 rings (SSSR count). The van der Waals surface area contributed by atoms with Crippen LogP contribution >= 0.6 is 0 Å². The van der Waals surface area contributed by atoms with E-state index >= 15 is 0 Å². The number of hydrogen-bond acceptors (Lipinski definition) is 5. The molecule has 2 saturated heterocycles. The van der Waals surface area contributed by atoms with E-state index < -0.39 is 12.1 Å². The van der Waals surface area contributed by atoms with Crippen molar-refractivity contribution in [2.45, 2.75) is 57.6 Å². The zero-order valence-corrected chi connectivity index (χ0v) is 17.0. The Bertz CT molecular complexity index is 714. The summed E-state index contributed by atoms with van der Waals surface area (Å²) in [5, 5.41) is 7.12. The predicted octanol–water partition coefficient (Wildman–Crippen LogP) is 3.04. The first kappa shape index (κ1) is 24.1. The Hall–Kier alpha value is -2.20. The van der Waals surface area contributed by atoms with Gasteiger partial charge in [0.05, 0.1) is 24.9 Å². The molecular formula is C20H27F3N2O5. The zero-order chi connectivity index (χ0) is 22.4. The largest absolute Gasteiger partial charge is 0.490 e. The molecule has 2 fully saturated rings. The second-order valence-electron chi connectivity index (χ2n) is 7.81. The highest BCUT2D eigenvalue weighted by molar-refractivity contribution is 5.78. The van der Waals surface area contributed by atoms with E-state index in [-0.39, 0.29) is 23.5 Å². The van der Waals surface area contributed by atoms with Crippen LogP contribution in [0.5, 0.6) is 0 Å². The van der Waals surface area contributed by atoms with E-state index in [0.29, 0.717) is 19.8 Å². The normalized spacial score (nSPS) is 23.9. The van der Waals surface area contributed by atoms with Crippen LogP contribution in [0, 0.1) is 5.92 Å². The molecule has 2 atom stereocenters. The summed E-state index contributed by atoms with van der Waals surface area (Å²) in [4.78, 5) is 27.1. The summed E-state index contributed by atoms with van der Waals surface area (Å²) in [5.41, 5.74) is 0.923. The highest BCUT2D eigenvalue weighted by Gasteiger charge is 2.45. The standard InChI is InChI=1S/C18H26N2O3.C2HF3O2/c1-14(2)17(21)20-9-3-6-18(13-20)10-16(12-23-18)22-11-15-4-7-19-8-5-15;3-2(4,5)1(6)7/h4-5,7-8,14,16H,3,6,9-13H2,1-2H3;(H,6,7)/t16-,18+;/m1./s1. The summed E-state index contributed by atoms with van der Waals surface area (Å²) in [6, 6.07) is 3.93. The molecule has 10 heteroatoms. The van der Waals surface area contributed by atoms with Crippen LogP contribution in [0.25, 0.3) is 0 Å². The fourth-order valence-corrected chi connectivity index (χ4v) is 3.54. The van der Waals surface area contributed by atoms with Crippen molar-refractivity contribution in [3.05, 3.63) is 30.1 Å². The van der Waals surface area contributed by atoms with Gasteiger partial charge in [0.2, 0.25) is 5.91 Å². The van der Waals surface area contributed by atoms with Crippen molar-refractivity contribution >= 4 is 11.9 Å². The average molecular weight is 432 g/mol. The van der Waals surface area contributed by atoms with Crippen molar-refractivity contribution in [2.24, 2.45) is 5.92 Å². The van der Waals surface area contributed by atoms with Crippen molar-refractivity contribution in [3.63, 3.8) is 0 Å². The number of nitrogens with zero attached hydrogens (tertiary/aromatic N) is 2. The van der Waals surface area contributed by atoms with Crippen molar-refractivity contribution in [3.8, 4) is 0 Å². The molecule has 1 aromatic rings. The number of likely N-dealkylation sites (tertiary alicyclic amines) is 1. The zero-order valence-electron chi connectivity index (χ0n) is 17.0. The monoisotopic (exact) mass is 432 g/mol. The molecule has 2 aliphatic rings. The van der Waals surface area contributed by atoms with E-state index in [9.17, 15) is 18.0 Å². The Morgan fingerprint density at radius 1 is 1.37 bits per heavy atom. The minimum Gasteiger partial charge on any atom is -0.475 e. The molecule has 1 aromatic heterocycles. The smallest absolute Gasteiger partial charge is 0.475 e. The molecule has 168 valence electrons. The van der Waals surface area contributed by atoms with Crippen LogP contribution in [-0.2, 0) is 25.7 Å². The van der Waals surface area contributed by atoms with Gasteiger partial charge in [-0.1, -0.05) is 13.8 Å². The van der Waals surface area contributed by atoms with Gasteiger partial charge >= 0.3 is 12.1 Å². The molecule has 7 nitrogen and oxygen atoms in total. The molecule has 1 spiro atoms. The third kappa shape index (κ3) is 6.94. The van der Waals surface area contributed by atoms with Crippen LogP contribution in [0.4, 0.5) is 13.2 Å².